The Morgan fingerprint density at radius 1 is 0.372 bits per heavy atom. The molecule has 1 saturated heterocycles. The van der Waals surface area contributed by atoms with Crippen molar-refractivity contribution in [1.82, 2.24) is 75.5 Å². The van der Waals surface area contributed by atoms with Crippen molar-refractivity contribution in [1.29, 1.82) is 0 Å². The topological polar surface area (TPSA) is 454 Å². The summed E-state index contributed by atoms with van der Waals surface area (Å²) < 4.78 is 5.25. The predicted molar refractivity (Wildman–Crippen MR) is 461 cm³/mol. The van der Waals surface area contributed by atoms with Gasteiger partial charge in [-0.25, -0.2) is 19.4 Å². The molecule has 0 spiro atoms. The molecule has 0 bridgehead atoms. The molecule has 0 radical (unpaired) electrons. The van der Waals surface area contributed by atoms with Crippen LogP contribution in [0.15, 0.2) is 262 Å². The van der Waals surface area contributed by atoms with E-state index in [2.05, 4.69) is 108 Å². The van der Waals surface area contributed by atoms with Crippen LogP contribution in [0.4, 0.5) is 60.0 Å². The Bertz CT molecular complexity index is 6460. The quantitative estimate of drug-likeness (QED) is 0.0403. The number of aromatic nitrogens is 13. The van der Waals surface area contributed by atoms with Crippen LogP contribution in [0.25, 0.3) is 88.1 Å². The molecule has 1 aliphatic heterocycles. The molecule has 18 rings (SSSR count). The highest BCUT2D eigenvalue weighted by Crippen LogP contribution is 2.33. The van der Waals surface area contributed by atoms with Gasteiger partial charge in [-0.1, -0.05) is 66.7 Å². The molecule has 2 fully saturated rings. The van der Waals surface area contributed by atoms with Gasteiger partial charge in [0.2, 0.25) is 5.91 Å². The summed E-state index contributed by atoms with van der Waals surface area (Å²) in [5.74, 6) is -0.725. The molecule has 0 atom stereocenters. The van der Waals surface area contributed by atoms with Gasteiger partial charge in [0.1, 0.15) is 5.82 Å². The van der Waals surface area contributed by atoms with Gasteiger partial charge >= 0.3 is 18.1 Å². The summed E-state index contributed by atoms with van der Waals surface area (Å²) >= 11 is 0. The molecule has 0 unspecified atom stereocenters. The van der Waals surface area contributed by atoms with Gasteiger partial charge in [-0.05, 0) is 175 Å². The number of para-hydroxylation sites is 1. The second kappa shape index (κ2) is 36.8. The largest absolute Gasteiger partial charge is 0.378 e. The van der Waals surface area contributed by atoms with Crippen LogP contribution in [0.2, 0.25) is 0 Å². The third-order valence-corrected chi connectivity index (χ3v) is 19.2. The van der Waals surface area contributed by atoms with Crippen LogP contribution < -0.4 is 48.3 Å². The number of amides is 11. The van der Waals surface area contributed by atoms with Crippen molar-refractivity contribution in [3.05, 3.63) is 285 Å². The van der Waals surface area contributed by atoms with Crippen LogP contribution in [0, 0.1) is 5.92 Å². The van der Waals surface area contributed by atoms with Crippen molar-refractivity contribution in [2.75, 3.05) is 82.9 Å². The van der Waals surface area contributed by atoms with E-state index in [-0.39, 0.29) is 53.2 Å². The number of nitrogens with two attached hydrogens (primary N) is 1. The Labute approximate surface area is 688 Å². The number of hydrogen-bond donors (Lipinski definition) is 13. The monoisotopic (exact) mass is 1610 g/mol. The Morgan fingerprint density at radius 3 is 1.21 bits per heavy atom. The number of nitrogens with one attached hydrogen (secondary N) is 12. The zero-order chi connectivity index (χ0) is 83.7. The molecule has 602 valence electrons. The maximum absolute atomic E-state index is 12.9. The molecule has 9 aromatic heterocycles. The van der Waals surface area contributed by atoms with E-state index in [0.717, 1.165) is 90.5 Å². The molecular formula is C88H76N24O9. The third kappa shape index (κ3) is 20.0. The lowest BCUT2D eigenvalue weighted by atomic mass is 10.0. The number of rotatable bonds is 17. The summed E-state index contributed by atoms with van der Waals surface area (Å²) in [4.78, 5) is 122. The first-order valence-electron chi connectivity index (χ1n) is 38.0. The lowest BCUT2D eigenvalue weighted by Gasteiger charge is -2.26. The number of fused-ring (bicyclic) bond motifs is 4. The van der Waals surface area contributed by atoms with Crippen LogP contribution in [-0.2, 0) is 9.53 Å². The van der Waals surface area contributed by atoms with Gasteiger partial charge in [0.15, 0.2) is 22.8 Å². The number of urea groups is 3. The first kappa shape index (κ1) is 79.5. The second-order valence-corrected chi connectivity index (χ2v) is 27.9. The van der Waals surface area contributed by atoms with E-state index in [1.807, 2.05) is 127 Å². The Kier molecular flexibility index (Phi) is 24.2. The summed E-state index contributed by atoms with van der Waals surface area (Å²) in [5, 5.41) is 53.4. The van der Waals surface area contributed by atoms with Gasteiger partial charge in [-0.15, -0.1) is 0 Å². The van der Waals surface area contributed by atoms with Gasteiger partial charge in [0.25, 0.3) is 23.6 Å². The molecule has 1 saturated carbocycles. The van der Waals surface area contributed by atoms with E-state index in [4.69, 9.17) is 10.5 Å². The molecular weight excluding hydrogens is 1540 g/mol. The van der Waals surface area contributed by atoms with Crippen molar-refractivity contribution in [2.24, 2.45) is 11.7 Å². The van der Waals surface area contributed by atoms with Gasteiger partial charge < -0.3 is 57.5 Å². The minimum atomic E-state index is -0.663. The van der Waals surface area contributed by atoms with E-state index in [0.29, 0.717) is 99.5 Å². The van der Waals surface area contributed by atoms with E-state index in [9.17, 15) is 38.4 Å². The fourth-order valence-corrected chi connectivity index (χ4v) is 12.8. The number of nitrogens with zero attached hydrogens (tertiary/aromatic N) is 11. The average molecular weight is 1610 g/mol. The number of benzene rings is 7. The van der Waals surface area contributed by atoms with Crippen molar-refractivity contribution in [3.63, 3.8) is 0 Å². The maximum Gasteiger partial charge on any atom is 0.323 e. The van der Waals surface area contributed by atoms with E-state index in [1.54, 1.807) is 141 Å². The van der Waals surface area contributed by atoms with Crippen LogP contribution in [0.5, 0.6) is 0 Å². The maximum atomic E-state index is 12.9. The molecule has 14 N–H and O–H groups in total. The van der Waals surface area contributed by atoms with Gasteiger partial charge in [0, 0.05) is 149 Å². The highest BCUT2D eigenvalue weighted by Gasteiger charge is 2.30. The number of aromatic amines is 4. The van der Waals surface area contributed by atoms with Crippen molar-refractivity contribution in [2.45, 2.75) is 12.8 Å². The van der Waals surface area contributed by atoms with Crippen LogP contribution >= 0.6 is 0 Å². The Hall–Kier alpha value is -16.7. The molecule has 33 heteroatoms. The van der Waals surface area contributed by atoms with Crippen molar-refractivity contribution < 1.29 is 43.1 Å². The van der Waals surface area contributed by atoms with E-state index in [1.165, 1.54) is 17.3 Å². The number of ether oxygens (including phenoxy) is 1. The summed E-state index contributed by atoms with van der Waals surface area (Å²) in [6.45, 7) is 2.13. The number of morpholine rings is 1. The normalized spacial score (nSPS) is 12.1. The van der Waals surface area contributed by atoms with Crippen LogP contribution in [0.1, 0.15) is 54.8 Å². The van der Waals surface area contributed by atoms with Crippen molar-refractivity contribution in [3.8, 4) is 44.5 Å². The third-order valence-electron chi connectivity index (χ3n) is 19.2. The summed E-state index contributed by atoms with van der Waals surface area (Å²) in [7, 11) is 3.31. The fourth-order valence-electron chi connectivity index (χ4n) is 12.8. The zero-order valence-electron chi connectivity index (χ0n) is 64.8. The SMILES string of the molecule is CN(C)C(=O)Nc1cccc(NC(=O)c2n[nH]c3ccc(-c4cccnc4)cc23)c1.NC(=O)Nc1cncc(-c2ccc3[nH]nc(C(=O)Nc4ccccc4)c3c2)c1.O=C(Nc1ccc(NC(=O)C2CC2)cc1)c1n[nH]c2ccc(-c3cccnc3)cc12.O=C(Nc1ccc(NC(=O)N2CCOCC2)nc1)c1n[nH]c2ccc(-c3cccnc3)cc12. The van der Waals surface area contributed by atoms with E-state index >= 15 is 0 Å². The minimum Gasteiger partial charge on any atom is -0.378 e. The molecule has 16 aromatic rings. The number of carbonyl (C=O) groups excluding carboxylic acids is 8. The summed E-state index contributed by atoms with van der Waals surface area (Å²) in [6.07, 6.45) is 17.1. The molecule has 121 heavy (non-hydrogen) atoms. The van der Waals surface area contributed by atoms with Crippen LogP contribution in [0.3, 0.4) is 0 Å². The second-order valence-electron chi connectivity index (χ2n) is 27.9. The molecule has 2 aliphatic rings. The smallest absolute Gasteiger partial charge is 0.323 e. The lowest BCUT2D eigenvalue weighted by Crippen LogP contribution is -2.43. The predicted octanol–water partition coefficient (Wildman–Crippen LogP) is 14.7. The van der Waals surface area contributed by atoms with E-state index < -0.39 is 6.03 Å². The highest BCUT2D eigenvalue weighted by atomic mass is 16.5. The first-order valence-corrected chi connectivity index (χ1v) is 38.0. The first-order chi connectivity index (χ1) is 58.9. The summed E-state index contributed by atoms with van der Waals surface area (Å²) in [5.41, 5.74) is 20.8. The van der Waals surface area contributed by atoms with Crippen molar-refractivity contribution >= 4 is 137 Å². The minimum absolute atomic E-state index is 0.0548. The Morgan fingerprint density at radius 2 is 0.785 bits per heavy atom. The van der Waals surface area contributed by atoms with Gasteiger partial charge in [0.05, 0.1) is 59.0 Å². The average Bonchev–Trinajstić information content (AvgIpc) is 1.68. The molecule has 7 aromatic carbocycles. The number of anilines is 8. The molecule has 33 nitrogen and oxygen atoms in total. The van der Waals surface area contributed by atoms with Crippen LogP contribution in [-0.4, -0.2) is 164 Å². The molecule has 10 heterocycles. The number of pyridine rings is 5. The van der Waals surface area contributed by atoms with Gasteiger partial charge in [-0.2, -0.15) is 20.4 Å². The number of hydrogen-bond acceptors (Lipinski definition) is 18. The number of H-pyrrole nitrogens is 4. The molecule has 1 aliphatic carbocycles. The number of primary amides is 1. The van der Waals surface area contributed by atoms with Gasteiger partial charge in [-0.3, -0.25) is 69.6 Å². The Balaban J connectivity index is 0.000000126. The number of carbonyl (C=O) groups is 8. The fraction of sp³-hybridized carbons (Fsp3) is 0.102. The standard InChI is InChI=1S/C23H21N7O3.C23H19N5O2.C22H20N6O2.C20H16N6O2/c31-22(21-18-12-15(3-5-19(18)28-29-21)16-2-1-7-24-13-16)26-17-4-6-20(25-14-17)27-23(32)30-8-10-33-11-9-30;29-22(14-3-4-14)25-17-6-8-18(9-7-17)26-23(30)21-19-12-15(5-10-20(19)27-28-21)16-2-1-11-24-13-16;1-28(2)22(30)25-17-7-3-6-16(12-17)24-21(29)20-18-11-14(8-9-19(18)26-27-20)15-5-4-10-23-13-15;21-20(28)24-15-8-13(10-22-11-15)12-6-7-17-16(9-12)18(26-25-17)19(27)23-14-4-2-1-3-5-14/h1-7,12-14H,8-11H2,(H,26,31)(H,28,29)(H,25,27,32);1-2,5-14H,3-4H2,(H,25,29)(H,26,30)(H,27,28);3-13H,1-2H3,(H,24,29)(H,25,30)(H,26,27);1-11H,(H,23,27)(H,25,26)(H3,21,24,28). The molecule has 11 amide bonds. The zero-order valence-corrected chi connectivity index (χ0v) is 64.8. The lowest BCUT2D eigenvalue weighted by molar-refractivity contribution is -0.117. The highest BCUT2D eigenvalue weighted by molar-refractivity contribution is 6.15. The summed E-state index contributed by atoms with van der Waals surface area (Å²) in [6, 6.07) is 61.5.